The van der Waals surface area contributed by atoms with E-state index in [0.29, 0.717) is 31.7 Å². The van der Waals surface area contributed by atoms with Gasteiger partial charge in [0.25, 0.3) is 5.91 Å². The van der Waals surface area contributed by atoms with E-state index in [1.165, 1.54) is 0 Å². The molecule has 0 spiro atoms. The summed E-state index contributed by atoms with van der Waals surface area (Å²) < 4.78 is 0. The van der Waals surface area contributed by atoms with E-state index in [4.69, 9.17) is 0 Å². The molecule has 0 unspecified atom stereocenters. The molecule has 1 aliphatic heterocycles. The van der Waals surface area contributed by atoms with Crippen molar-refractivity contribution < 1.29 is 9.59 Å². The number of carbonyl (C=O) groups excluding carboxylic acids is 2. The number of amides is 2. The van der Waals surface area contributed by atoms with Gasteiger partial charge >= 0.3 is 0 Å². The first-order chi connectivity index (χ1) is 14.7. The van der Waals surface area contributed by atoms with Crippen molar-refractivity contribution in [1.29, 1.82) is 0 Å². The Hall–Kier alpha value is -3.40. The van der Waals surface area contributed by atoms with E-state index in [1.807, 2.05) is 101 Å². The Labute approximate surface area is 177 Å². The average molecular weight is 399 g/mol. The minimum atomic E-state index is -0.330. The van der Waals surface area contributed by atoms with Gasteiger partial charge in [-0.3, -0.25) is 9.59 Å². The second-order valence-corrected chi connectivity index (χ2v) is 7.59. The van der Waals surface area contributed by atoms with Crippen molar-refractivity contribution in [3.05, 3.63) is 108 Å². The van der Waals surface area contributed by atoms with Gasteiger partial charge < -0.3 is 9.80 Å². The molecule has 1 aliphatic rings. The number of hydrogen-bond donors (Lipinski definition) is 0. The summed E-state index contributed by atoms with van der Waals surface area (Å²) >= 11 is 0. The maximum absolute atomic E-state index is 13.6. The Morgan fingerprint density at radius 1 is 0.600 bits per heavy atom. The lowest BCUT2D eigenvalue weighted by atomic mass is 9.90. The van der Waals surface area contributed by atoms with Crippen LogP contribution in [-0.4, -0.2) is 47.8 Å². The molecule has 4 heteroatoms. The summed E-state index contributed by atoms with van der Waals surface area (Å²) in [5.74, 6) is -0.197. The first-order valence-electron chi connectivity index (χ1n) is 10.5. The third kappa shape index (κ3) is 4.43. The summed E-state index contributed by atoms with van der Waals surface area (Å²) in [6, 6.07) is 29.2. The third-order valence-corrected chi connectivity index (χ3v) is 5.63. The van der Waals surface area contributed by atoms with Crippen molar-refractivity contribution in [2.24, 2.45) is 0 Å². The van der Waals surface area contributed by atoms with Gasteiger partial charge in [0.15, 0.2) is 0 Å². The second-order valence-electron chi connectivity index (χ2n) is 7.59. The van der Waals surface area contributed by atoms with Crippen LogP contribution in [-0.2, 0) is 4.79 Å². The Balaban J connectivity index is 1.52. The zero-order valence-electron chi connectivity index (χ0n) is 17.0. The topological polar surface area (TPSA) is 40.6 Å². The number of hydrogen-bond acceptors (Lipinski definition) is 2. The first-order valence-corrected chi connectivity index (χ1v) is 10.5. The Morgan fingerprint density at radius 2 is 1.07 bits per heavy atom. The van der Waals surface area contributed by atoms with Gasteiger partial charge in [0.2, 0.25) is 5.91 Å². The van der Waals surface area contributed by atoms with Gasteiger partial charge in [-0.25, -0.2) is 0 Å². The van der Waals surface area contributed by atoms with Crippen molar-refractivity contribution in [2.45, 2.75) is 12.3 Å². The second kappa shape index (κ2) is 9.40. The molecule has 4 rings (SSSR count). The highest BCUT2D eigenvalue weighted by molar-refractivity contribution is 5.94. The molecule has 1 saturated heterocycles. The monoisotopic (exact) mass is 398 g/mol. The average Bonchev–Trinajstić information content (AvgIpc) is 3.07. The van der Waals surface area contributed by atoms with Crippen molar-refractivity contribution in [3.8, 4) is 0 Å². The first kappa shape index (κ1) is 19.9. The standard InChI is InChI=1S/C26H26N2O2/c29-25(23-15-8-3-9-16-23)27-17-10-18-28(20-19-27)26(30)24(21-11-4-1-5-12-21)22-13-6-2-7-14-22/h1-9,11-16,24H,10,17-20H2. The molecule has 0 saturated carbocycles. The predicted octanol–water partition coefficient (Wildman–Crippen LogP) is 4.19. The third-order valence-electron chi connectivity index (χ3n) is 5.63. The lowest BCUT2D eigenvalue weighted by molar-refractivity contribution is -0.131. The van der Waals surface area contributed by atoms with Crippen molar-refractivity contribution >= 4 is 11.8 Å². The van der Waals surface area contributed by atoms with Crippen molar-refractivity contribution in [2.75, 3.05) is 26.2 Å². The fourth-order valence-electron chi connectivity index (χ4n) is 4.06. The molecule has 3 aromatic carbocycles. The van der Waals surface area contributed by atoms with Gasteiger partial charge in [-0.2, -0.15) is 0 Å². The summed E-state index contributed by atoms with van der Waals surface area (Å²) in [6.07, 6.45) is 0.778. The minimum absolute atomic E-state index is 0.0348. The van der Waals surface area contributed by atoms with E-state index in [2.05, 4.69) is 0 Å². The molecule has 0 atom stereocenters. The van der Waals surface area contributed by atoms with Crippen molar-refractivity contribution in [3.63, 3.8) is 0 Å². The van der Waals surface area contributed by atoms with Crippen LogP contribution >= 0.6 is 0 Å². The Bertz CT molecular complexity index is 934. The number of rotatable bonds is 4. The maximum atomic E-state index is 13.6. The van der Waals surface area contributed by atoms with E-state index in [1.54, 1.807) is 0 Å². The number of carbonyl (C=O) groups is 2. The van der Waals surface area contributed by atoms with E-state index in [9.17, 15) is 9.59 Å². The van der Waals surface area contributed by atoms with Crippen LogP contribution in [0.4, 0.5) is 0 Å². The molecule has 0 N–H and O–H groups in total. The van der Waals surface area contributed by atoms with Crippen LogP contribution in [0, 0.1) is 0 Å². The maximum Gasteiger partial charge on any atom is 0.253 e. The fourth-order valence-corrected chi connectivity index (χ4v) is 4.06. The molecule has 0 aromatic heterocycles. The number of benzene rings is 3. The highest BCUT2D eigenvalue weighted by Gasteiger charge is 2.29. The van der Waals surface area contributed by atoms with Gasteiger partial charge in [-0.05, 0) is 29.7 Å². The molecule has 0 bridgehead atoms. The highest BCUT2D eigenvalue weighted by atomic mass is 16.2. The molecular formula is C26H26N2O2. The summed E-state index contributed by atoms with van der Waals surface area (Å²) in [7, 11) is 0. The molecule has 1 heterocycles. The SMILES string of the molecule is O=C(c1ccccc1)N1CCCN(C(=O)C(c2ccccc2)c2ccccc2)CC1. The van der Waals surface area contributed by atoms with Gasteiger partial charge in [-0.1, -0.05) is 78.9 Å². The van der Waals surface area contributed by atoms with Gasteiger partial charge in [-0.15, -0.1) is 0 Å². The zero-order valence-corrected chi connectivity index (χ0v) is 17.0. The Morgan fingerprint density at radius 3 is 1.63 bits per heavy atom. The van der Waals surface area contributed by atoms with E-state index < -0.39 is 0 Å². The highest BCUT2D eigenvalue weighted by Crippen LogP contribution is 2.27. The lowest BCUT2D eigenvalue weighted by Crippen LogP contribution is -2.39. The molecule has 30 heavy (non-hydrogen) atoms. The minimum Gasteiger partial charge on any atom is -0.340 e. The number of nitrogens with zero attached hydrogens (tertiary/aromatic N) is 2. The largest absolute Gasteiger partial charge is 0.340 e. The van der Waals surface area contributed by atoms with Crippen LogP contribution in [0.25, 0.3) is 0 Å². The van der Waals surface area contributed by atoms with E-state index in [-0.39, 0.29) is 17.7 Å². The van der Waals surface area contributed by atoms with Gasteiger partial charge in [0.1, 0.15) is 0 Å². The smallest absolute Gasteiger partial charge is 0.253 e. The van der Waals surface area contributed by atoms with Crippen LogP contribution in [0.5, 0.6) is 0 Å². The van der Waals surface area contributed by atoms with Crippen LogP contribution in [0.2, 0.25) is 0 Å². The van der Waals surface area contributed by atoms with Crippen LogP contribution in [0.3, 0.4) is 0 Å². The lowest BCUT2D eigenvalue weighted by Gasteiger charge is -2.27. The van der Waals surface area contributed by atoms with E-state index in [0.717, 1.165) is 17.5 Å². The zero-order chi connectivity index (χ0) is 20.8. The predicted molar refractivity (Wildman–Crippen MR) is 118 cm³/mol. The molecular weight excluding hydrogens is 372 g/mol. The summed E-state index contributed by atoms with van der Waals surface area (Å²) in [5.41, 5.74) is 2.69. The summed E-state index contributed by atoms with van der Waals surface area (Å²) in [6.45, 7) is 2.43. The van der Waals surface area contributed by atoms with Crippen LogP contribution < -0.4 is 0 Å². The van der Waals surface area contributed by atoms with Gasteiger partial charge in [0, 0.05) is 31.7 Å². The van der Waals surface area contributed by atoms with Crippen molar-refractivity contribution in [1.82, 2.24) is 9.80 Å². The molecule has 1 fully saturated rings. The summed E-state index contributed by atoms with van der Waals surface area (Å²) in [5, 5.41) is 0. The normalized spacial score (nSPS) is 14.4. The van der Waals surface area contributed by atoms with Gasteiger partial charge in [0.05, 0.1) is 5.92 Å². The molecule has 0 radical (unpaired) electrons. The van der Waals surface area contributed by atoms with Crippen LogP contribution in [0.1, 0.15) is 33.8 Å². The summed E-state index contributed by atoms with van der Waals surface area (Å²) in [4.78, 5) is 30.2. The Kier molecular flexibility index (Phi) is 6.23. The molecule has 2 amide bonds. The molecule has 0 aliphatic carbocycles. The fraction of sp³-hybridized carbons (Fsp3) is 0.231. The molecule has 152 valence electrons. The molecule has 4 nitrogen and oxygen atoms in total. The quantitative estimate of drug-likeness (QED) is 0.661. The van der Waals surface area contributed by atoms with Crippen LogP contribution in [0.15, 0.2) is 91.0 Å². The molecule has 3 aromatic rings. The van der Waals surface area contributed by atoms with E-state index >= 15 is 0 Å².